The smallest absolute Gasteiger partial charge is 0.338 e. The Kier molecular flexibility index (Phi) is 5.02. The topological polar surface area (TPSA) is 112 Å². The van der Waals surface area contributed by atoms with E-state index in [0.29, 0.717) is 17.3 Å². The van der Waals surface area contributed by atoms with Gasteiger partial charge in [-0.05, 0) is 44.2 Å². The number of hydrogen-bond acceptors (Lipinski definition) is 8. The second-order valence-electron chi connectivity index (χ2n) is 6.27. The lowest BCUT2D eigenvalue weighted by Gasteiger charge is -2.11. The zero-order valence-electron chi connectivity index (χ0n) is 15.7. The third-order valence-electron chi connectivity index (χ3n) is 3.78. The molecule has 3 rings (SSSR count). The number of nitrogens with two attached hydrogens (primary N) is 1. The van der Waals surface area contributed by atoms with Gasteiger partial charge < -0.3 is 15.4 Å². The van der Waals surface area contributed by atoms with Gasteiger partial charge in [-0.3, -0.25) is 0 Å². The van der Waals surface area contributed by atoms with Crippen molar-refractivity contribution in [1.29, 1.82) is 0 Å². The molecule has 140 valence electrons. The van der Waals surface area contributed by atoms with E-state index in [-0.39, 0.29) is 12.6 Å². The molecule has 9 nitrogen and oxygen atoms in total. The van der Waals surface area contributed by atoms with Crippen molar-refractivity contribution in [3.63, 3.8) is 0 Å². The molecule has 2 N–H and O–H groups in total. The molecule has 0 radical (unpaired) electrons. The van der Waals surface area contributed by atoms with Crippen LogP contribution in [-0.2, 0) is 11.3 Å². The van der Waals surface area contributed by atoms with Crippen molar-refractivity contribution in [3.8, 4) is 5.69 Å². The van der Waals surface area contributed by atoms with E-state index in [1.807, 2.05) is 36.7 Å². The van der Waals surface area contributed by atoms with Crippen LogP contribution in [0.5, 0.6) is 0 Å². The fourth-order valence-electron chi connectivity index (χ4n) is 2.53. The number of benzene rings is 1. The molecule has 0 saturated carbocycles. The number of rotatable bonds is 5. The highest BCUT2D eigenvalue weighted by Crippen LogP contribution is 2.14. The van der Waals surface area contributed by atoms with E-state index in [9.17, 15) is 4.79 Å². The maximum Gasteiger partial charge on any atom is 0.338 e. The number of nitrogens with zero attached hydrogens (tertiary/aromatic N) is 6. The fraction of sp³-hybridized carbons (Fsp3) is 0.278. The van der Waals surface area contributed by atoms with Crippen molar-refractivity contribution in [2.24, 2.45) is 0 Å². The summed E-state index contributed by atoms with van der Waals surface area (Å²) in [6.45, 7) is 3.82. The highest BCUT2D eigenvalue weighted by Gasteiger charge is 2.12. The number of anilines is 2. The Labute approximate surface area is 156 Å². The van der Waals surface area contributed by atoms with Crippen LogP contribution in [0.3, 0.4) is 0 Å². The molecule has 0 fully saturated rings. The Hall–Kier alpha value is -3.49. The van der Waals surface area contributed by atoms with Crippen molar-refractivity contribution in [2.45, 2.75) is 20.5 Å². The molecule has 0 unspecified atom stereocenters. The van der Waals surface area contributed by atoms with Crippen LogP contribution in [0.2, 0.25) is 0 Å². The molecule has 9 heteroatoms. The number of carbonyl (C=O) groups is 1. The zero-order valence-corrected chi connectivity index (χ0v) is 15.7. The van der Waals surface area contributed by atoms with Crippen LogP contribution in [0, 0.1) is 13.8 Å². The van der Waals surface area contributed by atoms with E-state index < -0.39 is 5.97 Å². The quantitative estimate of drug-likeness (QED) is 0.678. The van der Waals surface area contributed by atoms with E-state index in [1.54, 1.807) is 31.1 Å². The molecule has 2 heterocycles. The standard InChI is InChI=1S/C18H21N7O2/c1-11-9-12(2)25(23-11)14-7-5-13(6-8-14)16(26)27-10-15-20-17(19)22-18(21-15)24(3)4/h5-9H,10H2,1-4H3,(H2,19,20,21,22). The Morgan fingerprint density at radius 1 is 1.15 bits per heavy atom. The molecule has 1 aromatic carbocycles. The number of carbonyl (C=O) groups excluding carboxylic acids is 1. The first kappa shape index (κ1) is 18.3. The van der Waals surface area contributed by atoms with E-state index in [1.165, 1.54) is 0 Å². The van der Waals surface area contributed by atoms with Crippen LogP contribution in [0.25, 0.3) is 5.69 Å². The molecule has 0 aliphatic rings. The molecule has 0 spiro atoms. The Morgan fingerprint density at radius 2 is 1.85 bits per heavy atom. The van der Waals surface area contributed by atoms with Crippen LogP contribution in [0.4, 0.5) is 11.9 Å². The van der Waals surface area contributed by atoms with E-state index in [0.717, 1.165) is 17.1 Å². The second kappa shape index (κ2) is 7.40. The third kappa shape index (κ3) is 4.20. The Morgan fingerprint density at radius 3 is 2.44 bits per heavy atom. The molecule has 3 aromatic rings. The van der Waals surface area contributed by atoms with Crippen LogP contribution in [-0.4, -0.2) is 44.8 Å². The maximum absolute atomic E-state index is 12.3. The van der Waals surface area contributed by atoms with Gasteiger partial charge in [0, 0.05) is 19.8 Å². The molecule has 27 heavy (non-hydrogen) atoms. The first-order chi connectivity index (χ1) is 12.8. The molecule has 0 saturated heterocycles. The Balaban J connectivity index is 1.69. The molecule has 0 aliphatic carbocycles. The summed E-state index contributed by atoms with van der Waals surface area (Å²) in [5.74, 6) is 0.302. The van der Waals surface area contributed by atoms with Gasteiger partial charge in [0.1, 0.15) is 0 Å². The first-order valence-corrected chi connectivity index (χ1v) is 8.32. The molecular formula is C18H21N7O2. The van der Waals surface area contributed by atoms with Crippen molar-refractivity contribution in [2.75, 3.05) is 24.7 Å². The summed E-state index contributed by atoms with van der Waals surface area (Å²) < 4.78 is 7.11. The highest BCUT2D eigenvalue weighted by atomic mass is 16.5. The SMILES string of the molecule is Cc1cc(C)n(-c2ccc(C(=O)OCc3nc(N)nc(N(C)C)n3)cc2)n1. The number of esters is 1. The van der Waals surface area contributed by atoms with Gasteiger partial charge in [-0.15, -0.1) is 0 Å². The summed E-state index contributed by atoms with van der Waals surface area (Å²) >= 11 is 0. The van der Waals surface area contributed by atoms with Gasteiger partial charge in [0.25, 0.3) is 0 Å². The Bertz CT molecular complexity index is 964. The van der Waals surface area contributed by atoms with Gasteiger partial charge in [0.15, 0.2) is 12.4 Å². The summed E-state index contributed by atoms with van der Waals surface area (Å²) in [5, 5.41) is 4.42. The number of ether oxygens (including phenoxy) is 1. The lowest BCUT2D eigenvalue weighted by Crippen LogP contribution is -2.17. The lowest BCUT2D eigenvalue weighted by atomic mass is 10.2. The third-order valence-corrected chi connectivity index (χ3v) is 3.78. The van der Waals surface area contributed by atoms with Gasteiger partial charge in [-0.25, -0.2) is 9.48 Å². The minimum Gasteiger partial charge on any atom is -0.454 e. The second-order valence-corrected chi connectivity index (χ2v) is 6.27. The molecule has 0 bridgehead atoms. The summed E-state index contributed by atoms with van der Waals surface area (Å²) in [6.07, 6.45) is 0. The van der Waals surface area contributed by atoms with Crippen molar-refractivity contribution >= 4 is 17.9 Å². The minimum atomic E-state index is -0.472. The number of aryl methyl sites for hydroxylation is 2. The predicted molar refractivity (Wildman–Crippen MR) is 101 cm³/mol. The number of aromatic nitrogens is 5. The summed E-state index contributed by atoms with van der Waals surface area (Å²) in [5.41, 5.74) is 8.92. The predicted octanol–water partition coefficient (Wildman–Crippen LogP) is 1.68. The number of nitrogen functional groups attached to an aromatic ring is 1. The highest BCUT2D eigenvalue weighted by molar-refractivity contribution is 5.89. The van der Waals surface area contributed by atoms with Crippen LogP contribution < -0.4 is 10.6 Å². The van der Waals surface area contributed by atoms with E-state index in [4.69, 9.17) is 10.5 Å². The number of hydrogen-bond donors (Lipinski definition) is 1. The van der Waals surface area contributed by atoms with Crippen LogP contribution in [0.15, 0.2) is 30.3 Å². The molecule has 0 atom stereocenters. The van der Waals surface area contributed by atoms with Crippen LogP contribution in [0.1, 0.15) is 27.6 Å². The largest absolute Gasteiger partial charge is 0.454 e. The summed E-state index contributed by atoms with van der Waals surface area (Å²) in [6, 6.07) is 9.02. The summed E-state index contributed by atoms with van der Waals surface area (Å²) in [7, 11) is 3.57. The normalized spacial score (nSPS) is 10.7. The summed E-state index contributed by atoms with van der Waals surface area (Å²) in [4.78, 5) is 26.2. The molecular weight excluding hydrogens is 346 g/mol. The van der Waals surface area contributed by atoms with Gasteiger partial charge in [-0.1, -0.05) is 0 Å². The van der Waals surface area contributed by atoms with Crippen molar-refractivity contribution in [3.05, 3.63) is 53.1 Å². The fourth-order valence-corrected chi connectivity index (χ4v) is 2.53. The monoisotopic (exact) mass is 367 g/mol. The van der Waals surface area contributed by atoms with Crippen molar-refractivity contribution < 1.29 is 9.53 Å². The zero-order chi connectivity index (χ0) is 19.6. The average molecular weight is 367 g/mol. The molecule has 2 aromatic heterocycles. The molecule has 0 amide bonds. The van der Waals surface area contributed by atoms with Gasteiger partial charge in [-0.2, -0.15) is 20.1 Å². The van der Waals surface area contributed by atoms with Gasteiger partial charge >= 0.3 is 5.97 Å². The van der Waals surface area contributed by atoms with E-state index in [2.05, 4.69) is 20.1 Å². The first-order valence-electron chi connectivity index (χ1n) is 8.32. The van der Waals surface area contributed by atoms with Crippen molar-refractivity contribution in [1.82, 2.24) is 24.7 Å². The van der Waals surface area contributed by atoms with Crippen LogP contribution >= 0.6 is 0 Å². The van der Waals surface area contributed by atoms with Gasteiger partial charge in [0.05, 0.1) is 16.9 Å². The van der Waals surface area contributed by atoms with Gasteiger partial charge in [0.2, 0.25) is 11.9 Å². The maximum atomic E-state index is 12.3. The minimum absolute atomic E-state index is 0.0778. The lowest BCUT2D eigenvalue weighted by molar-refractivity contribution is 0.0462. The average Bonchev–Trinajstić information content (AvgIpc) is 2.97. The molecule has 0 aliphatic heterocycles. The van der Waals surface area contributed by atoms with E-state index >= 15 is 0 Å².